The number of fused-ring (bicyclic) bond motifs is 1. The van der Waals surface area contributed by atoms with E-state index in [2.05, 4.69) is 15.3 Å². The van der Waals surface area contributed by atoms with Crippen LogP contribution in [0.2, 0.25) is 0 Å². The summed E-state index contributed by atoms with van der Waals surface area (Å²) >= 11 is 2.99. The Hall–Kier alpha value is -1.99. The molecule has 102 valence electrons. The van der Waals surface area contributed by atoms with Crippen LogP contribution in [-0.2, 0) is 0 Å². The Morgan fingerprint density at radius 1 is 1.25 bits per heavy atom. The van der Waals surface area contributed by atoms with Crippen LogP contribution in [0.4, 0.5) is 10.8 Å². The van der Waals surface area contributed by atoms with Gasteiger partial charge >= 0.3 is 0 Å². The number of thiophene rings is 1. The number of carbonyl (C=O) groups is 1. The van der Waals surface area contributed by atoms with Crippen LogP contribution < -0.4 is 10.2 Å². The zero-order valence-corrected chi connectivity index (χ0v) is 12.6. The highest BCUT2D eigenvalue weighted by Crippen LogP contribution is 2.34. The van der Waals surface area contributed by atoms with Gasteiger partial charge in [-0.05, 0) is 18.2 Å². The largest absolute Gasteiger partial charge is 0.354 e. The number of anilines is 2. The molecule has 0 aliphatic heterocycles. The summed E-state index contributed by atoms with van der Waals surface area (Å²) in [5, 5.41) is 3.80. The fourth-order valence-corrected chi connectivity index (χ4v) is 3.68. The van der Waals surface area contributed by atoms with Gasteiger partial charge in [0.1, 0.15) is 4.83 Å². The van der Waals surface area contributed by atoms with Crippen molar-refractivity contribution in [3.8, 4) is 0 Å². The zero-order chi connectivity index (χ0) is 14.1. The molecule has 0 aromatic carbocycles. The summed E-state index contributed by atoms with van der Waals surface area (Å²) in [4.78, 5) is 24.1. The van der Waals surface area contributed by atoms with Gasteiger partial charge in [-0.1, -0.05) is 11.3 Å². The molecule has 0 radical (unpaired) electrons. The lowest BCUT2D eigenvalue weighted by Crippen LogP contribution is -2.10. The molecule has 5 nitrogen and oxygen atoms in total. The Bertz CT molecular complexity index is 717. The summed E-state index contributed by atoms with van der Waals surface area (Å²) in [5.41, 5.74) is 0.740. The van der Waals surface area contributed by atoms with Crippen LogP contribution in [0.25, 0.3) is 9.53 Å². The minimum absolute atomic E-state index is 0.113. The summed E-state index contributed by atoms with van der Waals surface area (Å²) in [6.45, 7) is 0. The minimum atomic E-state index is -0.113. The number of rotatable bonds is 3. The molecule has 7 heteroatoms. The van der Waals surface area contributed by atoms with Gasteiger partial charge in [-0.3, -0.25) is 9.78 Å². The zero-order valence-electron chi connectivity index (χ0n) is 11.0. The number of carbonyl (C=O) groups excluding carboxylic acids is 1. The Morgan fingerprint density at radius 3 is 2.65 bits per heavy atom. The number of thiazole rings is 1. The van der Waals surface area contributed by atoms with Crippen LogP contribution in [0, 0.1) is 0 Å². The van der Waals surface area contributed by atoms with E-state index in [4.69, 9.17) is 0 Å². The van der Waals surface area contributed by atoms with Crippen LogP contribution in [0.3, 0.4) is 0 Å². The number of pyridine rings is 1. The van der Waals surface area contributed by atoms with Gasteiger partial charge in [0.2, 0.25) is 0 Å². The summed E-state index contributed by atoms with van der Waals surface area (Å²) < 4.78 is 1.04. The van der Waals surface area contributed by atoms with Gasteiger partial charge in [-0.25, -0.2) is 4.98 Å². The smallest absolute Gasteiger partial charge is 0.265 e. The Labute approximate surface area is 123 Å². The first-order valence-corrected chi connectivity index (χ1v) is 7.56. The van der Waals surface area contributed by atoms with Gasteiger partial charge in [0.15, 0.2) is 5.13 Å². The number of hydrogen-bond donors (Lipinski definition) is 1. The van der Waals surface area contributed by atoms with E-state index in [1.165, 1.54) is 11.3 Å². The molecule has 0 aliphatic carbocycles. The topological polar surface area (TPSA) is 58.1 Å². The van der Waals surface area contributed by atoms with Crippen molar-refractivity contribution < 1.29 is 4.79 Å². The summed E-state index contributed by atoms with van der Waals surface area (Å²) in [6, 6.07) is 5.41. The Balaban J connectivity index is 1.83. The van der Waals surface area contributed by atoms with Crippen molar-refractivity contribution in [1.82, 2.24) is 9.97 Å². The highest BCUT2D eigenvalue weighted by atomic mass is 32.1. The van der Waals surface area contributed by atoms with E-state index in [-0.39, 0.29) is 5.91 Å². The van der Waals surface area contributed by atoms with Crippen molar-refractivity contribution in [2.45, 2.75) is 0 Å². The molecule has 0 aliphatic rings. The highest BCUT2D eigenvalue weighted by Gasteiger charge is 2.14. The monoisotopic (exact) mass is 304 g/mol. The van der Waals surface area contributed by atoms with Crippen molar-refractivity contribution in [3.05, 3.63) is 35.5 Å². The molecule has 0 atom stereocenters. The molecule has 1 N–H and O–H groups in total. The fourth-order valence-electron chi connectivity index (χ4n) is 1.65. The normalized spacial score (nSPS) is 10.7. The first-order chi connectivity index (χ1) is 9.63. The van der Waals surface area contributed by atoms with E-state index in [0.29, 0.717) is 4.88 Å². The van der Waals surface area contributed by atoms with Crippen LogP contribution in [0.1, 0.15) is 9.67 Å². The lowest BCUT2D eigenvalue weighted by atomic mass is 10.4. The van der Waals surface area contributed by atoms with Gasteiger partial charge in [-0.2, -0.15) is 0 Å². The number of nitrogens with zero attached hydrogens (tertiary/aromatic N) is 3. The van der Waals surface area contributed by atoms with E-state index < -0.39 is 0 Å². The van der Waals surface area contributed by atoms with Gasteiger partial charge in [0.25, 0.3) is 5.91 Å². The molecule has 0 unspecified atom stereocenters. The second kappa shape index (κ2) is 5.18. The molecule has 3 heterocycles. The quantitative estimate of drug-likeness (QED) is 0.808. The number of amides is 1. The first-order valence-electron chi connectivity index (χ1n) is 5.92. The van der Waals surface area contributed by atoms with Gasteiger partial charge in [-0.15, -0.1) is 11.3 Å². The molecule has 3 rings (SSSR count). The molecular weight excluding hydrogens is 292 g/mol. The first kappa shape index (κ1) is 13.0. The van der Waals surface area contributed by atoms with E-state index in [1.54, 1.807) is 35.9 Å². The lowest BCUT2D eigenvalue weighted by Gasteiger charge is -2.05. The minimum Gasteiger partial charge on any atom is -0.354 e. The molecule has 0 saturated heterocycles. The summed E-state index contributed by atoms with van der Waals surface area (Å²) in [7, 11) is 3.92. The molecule has 0 fully saturated rings. The number of nitrogens with one attached hydrogen (secondary N) is 1. The lowest BCUT2D eigenvalue weighted by molar-refractivity contribution is 0.103. The molecule has 3 aromatic rings. The maximum Gasteiger partial charge on any atom is 0.265 e. The maximum atomic E-state index is 12.1. The van der Waals surface area contributed by atoms with Crippen LogP contribution >= 0.6 is 22.7 Å². The van der Waals surface area contributed by atoms with Crippen molar-refractivity contribution in [2.75, 3.05) is 24.3 Å². The Kier molecular flexibility index (Phi) is 3.37. The SMILES string of the molecule is CN(C)c1nc2sc(C(=O)Nc3ccncc3)cc2s1. The van der Waals surface area contributed by atoms with Crippen molar-refractivity contribution in [1.29, 1.82) is 0 Å². The second-order valence-electron chi connectivity index (χ2n) is 4.36. The average molecular weight is 304 g/mol. The molecule has 0 saturated carbocycles. The Morgan fingerprint density at radius 2 is 2.00 bits per heavy atom. The van der Waals surface area contributed by atoms with E-state index in [0.717, 1.165) is 20.3 Å². The van der Waals surface area contributed by atoms with E-state index in [9.17, 15) is 4.79 Å². The van der Waals surface area contributed by atoms with Crippen LogP contribution in [0.15, 0.2) is 30.6 Å². The van der Waals surface area contributed by atoms with Crippen molar-refractivity contribution >= 4 is 48.9 Å². The molecule has 0 spiro atoms. The van der Waals surface area contributed by atoms with Gasteiger partial charge in [0.05, 0.1) is 9.58 Å². The predicted octanol–water partition coefficient (Wildman–Crippen LogP) is 3.07. The summed E-state index contributed by atoms with van der Waals surface area (Å²) in [6.07, 6.45) is 3.29. The number of hydrogen-bond acceptors (Lipinski definition) is 6. The van der Waals surface area contributed by atoms with Gasteiger partial charge in [0, 0.05) is 32.2 Å². The molecule has 0 bridgehead atoms. The van der Waals surface area contributed by atoms with Gasteiger partial charge < -0.3 is 10.2 Å². The standard InChI is InChI=1S/C13H12N4OS2/c1-17(2)13-16-12-10(20-13)7-9(19-12)11(18)15-8-3-5-14-6-4-8/h3-7H,1-2H3,(H,14,15,18). The highest BCUT2D eigenvalue weighted by molar-refractivity contribution is 7.29. The van der Waals surface area contributed by atoms with Crippen molar-refractivity contribution in [3.63, 3.8) is 0 Å². The van der Waals surface area contributed by atoms with E-state index in [1.807, 2.05) is 25.1 Å². The molecular formula is C13H12N4OS2. The van der Waals surface area contributed by atoms with Crippen LogP contribution in [-0.4, -0.2) is 30.0 Å². The third-order valence-electron chi connectivity index (χ3n) is 2.62. The third kappa shape index (κ3) is 2.50. The summed E-state index contributed by atoms with van der Waals surface area (Å²) in [5.74, 6) is -0.113. The van der Waals surface area contributed by atoms with Crippen molar-refractivity contribution in [2.24, 2.45) is 0 Å². The van der Waals surface area contributed by atoms with E-state index >= 15 is 0 Å². The molecule has 1 amide bonds. The maximum absolute atomic E-state index is 12.1. The fraction of sp³-hybridized carbons (Fsp3) is 0.154. The third-order valence-corrected chi connectivity index (χ3v) is 4.95. The molecule has 3 aromatic heterocycles. The average Bonchev–Trinajstić information content (AvgIpc) is 2.97. The second-order valence-corrected chi connectivity index (χ2v) is 6.40. The molecule has 20 heavy (non-hydrogen) atoms. The van der Waals surface area contributed by atoms with Crippen LogP contribution in [0.5, 0.6) is 0 Å². The number of aromatic nitrogens is 2. The predicted molar refractivity (Wildman–Crippen MR) is 84.0 cm³/mol.